The third-order valence-electron chi connectivity index (χ3n) is 2.49. The maximum absolute atomic E-state index is 9.25. The van der Waals surface area contributed by atoms with E-state index in [9.17, 15) is 4.79 Å². The highest BCUT2D eigenvalue weighted by molar-refractivity contribution is 5.78. The van der Waals surface area contributed by atoms with E-state index in [2.05, 4.69) is 6.58 Å². The van der Waals surface area contributed by atoms with Crippen LogP contribution in [0.3, 0.4) is 0 Å². The van der Waals surface area contributed by atoms with Gasteiger partial charge < -0.3 is 15.3 Å². The molecule has 0 saturated carbocycles. The zero-order valence-corrected chi connectivity index (χ0v) is 11.3. The highest BCUT2D eigenvalue weighted by Gasteiger charge is 1.91. The van der Waals surface area contributed by atoms with Crippen molar-refractivity contribution in [2.24, 2.45) is 0 Å². The molecular weight excluding hydrogens is 232 g/mol. The Morgan fingerprint density at radius 3 is 1.17 bits per heavy atom. The summed E-state index contributed by atoms with van der Waals surface area (Å²) in [6, 6.07) is 0. The third kappa shape index (κ3) is 24.4. The molecule has 0 aromatic heterocycles. The molecule has 108 valence electrons. The molecule has 0 aliphatic heterocycles. The van der Waals surface area contributed by atoms with E-state index in [0.717, 1.165) is 18.9 Å². The van der Waals surface area contributed by atoms with Crippen molar-refractivity contribution in [2.45, 2.75) is 57.8 Å². The summed E-state index contributed by atoms with van der Waals surface area (Å²) < 4.78 is 0. The maximum Gasteiger partial charge on any atom is 0.327 e. The smallest absolute Gasteiger partial charge is 0.327 e. The topological polar surface area (TPSA) is 77.8 Å². The van der Waals surface area contributed by atoms with Crippen molar-refractivity contribution in [1.82, 2.24) is 0 Å². The molecule has 4 heteroatoms. The van der Waals surface area contributed by atoms with Crippen LogP contribution in [0.2, 0.25) is 0 Å². The Labute approximate surface area is 110 Å². The van der Waals surface area contributed by atoms with Gasteiger partial charge in [-0.1, -0.05) is 51.5 Å². The van der Waals surface area contributed by atoms with Crippen molar-refractivity contribution in [3.63, 3.8) is 0 Å². The summed E-state index contributed by atoms with van der Waals surface area (Å²) in [5.41, 5.74) is 0. The summed E-state index contributed by atoms with van der Waals surface area (Å²) in [6.45, 7) is 3.65. The monoisotopic (exact) mass is 260 g/mol. The molecule has 0 saturated heterocycles. The molecule has 0 fully saturated rings. The second-order valence-electron chi connectivity index (χ2n) is 4.17. The van der Waals surface area contributed by atoms with Gasteiger partial charge in [0.25, 0.3) is 0 Å². The van der Waals surface area contributed by atoms with E-state index in [-0.39, 0.29) is 0 Å². The molecular formula is C14H28O4. The first-order chi connectivity index (χ1) is 8.68. The molecule has 4 nitrogen and oxygen atoms in total. The van der Waals surface area contributed by atoms with Gasteiger partial charge in [0.2, 0.25) is 0 Å². The number of unbranched alkanes of at least 4 members (excludes halogenated alkanes) is 8. The molecule has 18 heavy (non-hydrogen) atoms. The minimum Gasteiger partial charge on any atom is -0.478 e. The van der Waals surface area contributed by atoms with Crippen LogP contribution in [0.1, 0.15) is 57.8 Å². The van der Waals surface area contributed by atoms with Crippen LogP contribution >= 0.6 is 0 Å². The Kier molecular flexibility index (Phi) is 20.0. The van der Waals surface area contributed by atoms with Crippen LogP contribution in [0, 0.1) is 0 Å². The first-order valence-corrected chi connectivity index (χ1v) is 6.76. The minimum absolute atomic E-state index is 0.344. The van der Waals surface area contributed by atoms with Crippen molar-refractivity contribution in [3.05, 3.63) is 12.7 Å². The lowest BCUT2D eigenvalue weighted by molar-refractivity contribution is -0.131. The normalized spacial score (nSPS) is 9.44. The quantitative estimate of drug-likeness (QED) is 0.394. The van der Waals surface area contributed by atoms with Crippen LogP contribution in [0.25, 0.3) is 0 Å². The number of rotatable bonds is 11. The molecule has 0 amide bonds. The van der Waals surface area contributed by atoms with Gasteiger partial charge in [0.05, 0.1) is 0 Å². The van der Waals surface area contributed by atoms with Gasteiger partial charge in [-0.05, 0) is 12.8 Å². The fourth-order valence-electron chi connectivity index (χ4n) is 1.46. The van der Waals surface area contributed by atoms with E-state index in [0.29, 0.717) is 13.2 Å². The summed E-state index contributed by atoms with van der Waals surface area (Å²) in [5, 5.41) is 24.7. The van der Waals surface area contributed by atoms with E-state index < -0.39 is 5.97 Å². The summed E-state index contributed by atoms with van der Waals surface area (Å²) in [6.07, 6.45) is 11.6. The van der Waals surface area contributed by atoms with Crippen LogP contribution in [-0.2, 0) is 4.79 Å². The SMILES string of the molecule is C=CC(=O)O.OCCCCCCCCCCCO. The number of aliphatic hydroxyl groups excluding tert-OH is 2. The highest BCUT2D eigenvalue weighted by Crippen LogP contribution is 2.09. The lowest BCUT2D eigenvalue weighted by Crippen LogP contribution is -1.85. The summed E-state index contributed by atoms with van der Waals surface area (Å²) in [7, 11) is 0. The number of aliphatic hydroxyl groups is 2. The molecule has 0 radical (unpaired) electrons. The lowest BCUT2D eigenvalue weighted by Gasteiger charge is -2.00. The van der Waals surface area contributed by atoms with Gasteiger partial charge in [-0.3, -0.25) is 0 Å². The average Bonchev–Trinajstić information content (AvgIpc) is 2.37. The lowest BCUT2D eigenvalue weighted by atomic mass is 10.1. The van der Waals surface area contributed by atoms with Crippen molar-refractivity contribution >= 4 is 5.97 Å². The fraction of sp³-hybridized carbons (Fsp3) is 0.786. The van der Waals surface area contributed by atoms with Gasteiger partial charge in [-0.25, -0.2) is 4.79 Å². The molecule has 0 heterocycles. The molecule has 3 N–H and O–H groups in total. The first kappa shape index (κ1) is 19.5. The van der Waals surface area contributed by atoms with Crippen LogP contribution in [0.5, 0.6) is 0 Å². The number of aliphatic carboxylic acids is 1. The Balaban J connectivity index is 0. The zero-order chi connectivity index (χ0) is 14.1. The molecule has 0 aliphatic rings. The van der Waals surface area contributed by atoms with Crippen LogP contribution in [0.15, 0.2) is 12.7 Å². The minimum atomic E-state index is -0.981. The van der Waals surface area contributed by atoms with Gasteiger partial charge in [0, 0.05) is 19.3 Å². The van der Waals surface area contributed by atoms with Crippen molar-refractivity contribution in [2.75, 3.05) is 13.2 Å². The summed E-state index contributed by atoms with van der Waals surface area (Å²) in [4.78, 5) is 9.25. The average molecular weight is 260 g/mol. The Bertz CT molecular complexity index is 171. The van der Waals surface area contributed by atoms with Gasteiger partial charge in [0.1, 0.15) is 0 Å². The second kappa shape index (κ2) is 18.5. The third-order valence-corrected chi connectivity index (χ3v) is 2.49. The van der Waals surface area contributed by atoms with Gasteiger partial charge in [-0.2, -0.15) is 0 Å². The molecule has 0 aromatic rings. The highest BCUT2D eigenvalue weighted by atomic mass is 16.4. The molecule has 0 spiro atoms. The fourth-order valence-corrected chi connectivity index (χ4v) is 1.46. The molecule has 0 bridgehead atoms. The number of carboxylic acids is 1. The van der Waals surface area contributed by atoms with E-state index in [1.165, 1.54) is 44.9 Å². The maximum atomic E-state index is 9.25. The van der Waals surface area contributed by atoms with E-state index >= 15 is 0 Å². The molecule has 0 atom stereocenters. The Hall–Kier alpha value is -0.870. The summed E-state index contributed by atoms with van der Waals surface area (Å²) in [5.74, 6) is -0.981. The van der Waals surface area contributed by atoms with Gasteiger partial charge >= 0.3 is 5.97 Å². The van der Waals surface area contributed by atoms with Crippen LogP contribution in [0.4, 0.5) is 0 Å². The van der Waals surface area contributed by atoms with Gasteiger partial charge in [-0.15, -0.1) is 0 Å². The Morgan fingerprint density at radius 1 is 0.778 bits per heavy atom. The largest absolute Gasteiger partial charge is 0.478 e. The molecule has 0 unspecified atom stereocenters. The number of hydrogen-bond acceptors (Lipinski definition) is 3. The van der Waals surface area contributed by atoms with Gasteiger partial charge in [0.15, 0.2) is 0 Å². The predicted molar refractivity (Wildman–Crippen MR) is 73.6 cm³/mol. The standard InChI is InChI=1S/C11H24O2.C3H4O2/c12-10-8-6-4-2-1-3-5-7-9-11-13;1-2-3(4)5/h12-13H,1-11H2;2H,1H2,(H,4,5). The molecule has 0 aliphatic carbocycles. The van der Waals surface area contributed by atoms with E-state index in [1.54, 1.807) is 0 Å². The van der Waals surface area contributed by atoms with Crippen molar-refractivity contribution in [1.29, 1.82) is 0 Å². The predicted octanol–water partition coefficient (Wildman–Crippen LogP) is 2.74. The molecule has 0 rings (SSSR count). The van der Waals surface area contributed by atoms with E-state index in [1.807, 2.05) is 0 Å². The molecule has 0 aromatic carbocycles. The first-order valence-electron chi connectivity index (χ1n) is 6.76. The number of hydrogen-bond donors (Lipinski definition) is 3. The zero-order valence-electron chi connectivity index (χ0n) is 11.3. The summed E-state index contributed by atoms with van der Waals surface area (Å²) >= 11 is 0. The van der Waals surface area contributed by atoms with Crippen LogP contribution < -0.4 is 0 Å². The number of carboxylic acid groups (broad SMARTS) is 1. The number of carbonyl (C=O) groups is 1. The van der Waals surface area contributed by atoms with Crippen molar-refractivity contribution in [3.8, 4) is 0 Å². The van der Waals surface area contributed by atoms with E-state index in [4.69, 9.17) is 15.3 Å². The van der Waals surface area contributed by atoms with Crippen LogP contribution in [-0.4, -0.2) is 34.5 Å². The van der Waals surface area contributed by atoms with Crippen molar-refractivity contribution < 1.29 is 20.1 Å². The Morgan fingerprint density at radius 2 is 1.00 bits per heavy atom. The second-order valence-corrected chi connectivity index (χ2v) is 4.17.